The first-order valence-corrected chi connectivity index (χ1v) is 6.82. The van der Waals surface area contributed by atoms with E-state index in [2.05, 4.69) is 17.6 Å². The molecule has 0 bridgehead atoms. The van der Waals surface area contributed by atoms with Crippen LogP contribution in [0.3, 0.4) is 0 Å². The molecule has 0 aliphatic heterocycles. The number of carbonyl (C=O) groups is 1. The van der Waals surface area contributed by atoms with E-state index in [0.29, 0.717) is 0 Å². The summed E-state index contributed by atoms with van der Waals surface area (Å²) in [5.74, 6) is -0.0713. The third-order valence-corrected chi connectivity index (χ3v) is 3.17. The van der Waals surface area contributed by atoms with Gasteiger partial charge in [0.2, 0.25) is 5.91 Å². The quantitative estimate of drug-likeness (QED) is 0.871. The zero-order chi connectivity index (χ0) is 14.5. The summed E-state index contributed by atoms with van der Waals surface area (Å²) in [6.45, 7) is 3.57. The fraction of sp³-hybridized carbons (Fsp3) is 0.188. The van der Waals surface area contributed by atoms with Crippen LogP contribution in [0.5, 0.6) is 0 Å². The Morgan fingerprint density at radius 2 is 1.75 bits per heavy atom. The average molecular weight is 289 g/mol. The maximum absolute atomic E-state index is 11.0. The smallest absolute Gasteiger partial charge is 0.221 e. The molecule has 20 heavy (non-hydrogen) atoms. The molecule has 104 valence electrons. The normalized spacial score (nSPS) is 11.8. The van der Waals surface area contributed by atoms with E-state index in [-0.39, 0.29) is 11.9 Å². The molecule has 1 unspecified atom stereocenters. The molecule has 2 aromatic rings. The summed E-state index contributed by atoms with van der Waals surface area (Å²) in [5, 5.41) is 6.87. The Bertz CT molecular complexity index is 596. The van der Waals surface area contributed by atoms with Gasteiger partial charge in [0.15, 0.2) is 0 Å². The molecule has 4 heteroatoms. The van der Waals surface area contributed by atoms with Gasteiger partial charge in [-0.05, 0) is 48.9 Å². The zero-order valence-electron chi connectivity index (χ0n) is 11.5. The van der Waals surface area contributed by atoms with E-state index < -0.39 is 0 Å². The van der Waals surface area contributed by atoms with Gasteiger partial charge in [-0.2, -0.15) is 0 Å². The number of rotatable bonds is 4. The lowest BCUT2D eigenvalue weighted by Crippen LogP contribution is -2.07. The molecule has 0 radical (unpaired) electrons. The van der Waals surface area contributed by atoms with Crippen molar-refractivity contribution < 1.29 is 4.79 Å². The molecule has 2 N–H and O–H groups in total. The standard InChI is InChI=1S/C16H17ClN2O/c1-11(13-4-3-5-14(17)10-13)18-15-6-8-16(9-7-15)19-12(2)20/h3-11,18H,1-2H3,(H,19,20). The van der Waals surface area contributed by atoms with Crippen LogP contribution < -0.4 is 10.6 Å². The number of nitrogens with one attached hydrogen (secondary N) is 2. The summed E-state index contributed by atoms with van der Waals surface area (Å²) in [4.78, 5) is 11.0. The monoisotopic (exact) mass is 288 g/mol. The first-order valence-electron chi connectivity index (χ1n) is 6.44. The molecule has 0 saturated carbocycles. The van der Waals surface area contributed by atoms with E-state index in [1.165, 1.54) is 6.92 Å². The molecule has 0 aromatic heterocycles. The van der Waals surface area contributed by atoms with Crippen molar-refractivity contribution in [1.82, 2.24) is 0 Å². The van der Waals surface area contributed by atoms with Crippen LogP contribution in [0.15, 0.2) is 48.5 Å². The van der Waals surface area contributed by atoms with E-state index in [1.54, 1.807) is 0 Å². The minimum absolute atomic E-state index is 0.0713. The Balaban J connectivity index is 2.04. The molecule has 0 aliphatic rings. The van der Waals surface area contributed by atoms with Gasteiger partial charge in [0.25, 0.3) is 0 Å². The van der Waals surface area contributed by atoms with Gasteiger partial charge < -0.3 is 10.6 Å². The van der Waals surface area contributed by atoms with Gasteiger partial charge in [-0.25, -0.2) is 0 Å². The molecule has 3 nitrogen and oxygen atoms in total. The maximum Gasteiger partial charge on any atom is 0.221 e. The van der Waals surface area contributed by atoms with Gasteiger partial charge in [-0.3, -0.25) is 4.79 Å². The van der Waals surface area contributed by atoms with Crippen LogP contribution in [0.25, 0.3) is 0 Å². The Morgan fingerprint density at radius 3 is 2.35 bits per heavy atom. The lowest BCUT2D eigenvalue weighted by molar-refractivity contribution is -0.114. The third-order valence-electron chi connectivity index (χ3n) is 2.94. The van der Waals surface area contributed by atoms with E-state index >= 15 is 0 Å². The van der Waals surface area contributed by atoms with Crippen molar-refractivity contribution in [3.8, 4) is 0 Å². The highest BCUT2D eigenvalue weighted by molar-refractivity contribution is 6.30. The van der Waals surface area contributed by atoms with Crippen LogP contribution in [0.1, 0.15) is 25.5 Å². The summed E-state index contributed by atoms with van der Waals surface area (Å²) in [5.41, 5.74) is 2.91. The molecule has 0 aliphatic carbocycles. The predicted molar refractivity (Wildman–Crippen MR) is 84.2 cm³/mol. The van der Waals surface area contributed by atoms with Gasteiger partial charge >= 0.3 is 0 Å². The number of halogens is 1. The van der Waals surface area contributed by atoms with Crippen LogP contribution in [0.2, 0.25) is 5.02 Å². The molecule has 2 rings (SSSR count). The largest absolute Gasteiger partial charge is 0.379 e. The molecule has 0 spiro atoms. The minimum Gasteiger partial charge on any atom is -0.379 e. The summed E-state index contributed by atoms with van der Waals surface area (Å²) in [6.07, 6.45) is 0. The van der Waals surface area contributed by atoms with E-state index in [4.69, 9.17) is 11.6 Å². The summed E-state index contributed by atoms with van der Waals surface area (Å²) < 4.78 is 0. The highest BCUT2D eigenvalue weighted by Gasteiger charge is 2.05. The third kappa shape index (κ3) is 4.00. The SMILES string of the molecule is CC(=O)Nc1ccc(NC(C)c2cccc(Cl)c2)cc1. The van der Waals surface area contributed by atoms with Gasteiger partial charge in [-0.15, -0.1) is 0 Å². The van der Waals surface area contributed by atoms with Crippen molar-refractivity contribution in [3.63, 3.8) is 0 Å². The zero-order valence-corrected chi connectivity index (χ0v) is 12.2. The Morgan fingerprint density at radius 1 is 1.10 bits per heavy atom. The molecule has 0 heterocycles. The van der Waals surface area contributed by atoms with Crippen LogP contribution in [-0.2, 0) is 4.79 Å². The fourth-order valence-corrected chi connectivity index (χ4v) is 2.16. The first kappa shape index (κ1) is 14.4. The lowest BCUT2D eigenvalue weighted by atomic mass is 10.1. The molecular weight excluding hydrogens is 272 g/mol. The molecule has 1 amide bonds. The van der Waals surface area contributed by atoms with Crippen LogP contribution in [0, 0.1) is 0 Å². The van der Waals surface area contributed by atoms with Crippen LogP contribution >= 0.6 is 11.6 Å². The highest BCUT2D eigenvalue weighted by atomic mass is 35.5. The van der Waals surface area contributed by atoms with Gasteiger partial charge in [0.1, 0.15) is 0 Å². The van der Waals surface area contributed by atoms with Crippen molar-refractivity contribution >= 4 is 28.9 Å². The molecule has 2 aromatic carbocycles. The predicted octanol–water partition coefficient (Wildman–Crippen LogP) is 4.47. The van der Waals surface area contributed by atoms with Crippen LogP contribution in [-0.4, -0.2) is 5.91 Å². The average Bonchev–Trinajstić information content (AvgIpc) is 2.40. The second kappa shape index (κ2) is 6.44. The molecule has 0 fully saturated rings. The fourth-order valence-electron chi connectivity index (χ4n) is 1.96. The molecule has 0 saturated heterocycles. The second-order valence-electron chi connectivity index (χ2n) is 4.68. The van der Waals surface area contributed by atoms with E-state index in [1.807, 2.05) is 48.5 Å². The number of benzene rings is 2. The summed E-state index contributed by atoms with van der Waals surface area (Å²) in [7, 11) is 0. The van der Waals surface area contributed by atoms with Gasteiger partial charge in [0.05, 0.1) is 0 Å². The number of hydrogen-bond donors (Lipinski definition) is 2. The Hall–Kier alpha value is -2.00. The number of amides is 1. The topological polar surface area (TPSA) is 41.1 Å². The lowest BCUT2D eigenvalue weighted by Gasteiger charge is -2.16. The van der Waals surface area contributed by atoms with Crippen molar-refractivity contribution in [2.75, 3.05) is 10.6 Å². The van der Waals surface area contributed by atoms with Crippen molar-refractivity contribution in [2.24, 2.45) is 0 Å². The highest BCUT2D eigenvalue weighted by Crippen LogP contribution is 2.22. The Labute approximate surface area is 124 Å². The van der Waals surface area contributed by atoms with Crippen molar-refractivity contribution in [3.05, 3.63) is 59.1 Å². The maximum atomic E-state index is 11.0. The van der Waals surface area contributed by atoms with E-state index in [9.17, 15) is 4.79 Å². The minimum atomic E-state index is -0.0713. The summed E-state index contributed by atoms with van der Waals surface area (Å²) >= 11 is 5.99. The Kier molecular flexibility index (Phi) is 4.64. The van der Waals surface area contributed by atoms with Crippen molar-refractivity contribution in [2.45, 2.75) is 19.9 Å². The molecular formula is C16H17ClN2O. The summed E-state index contributed by atoms with van der Waals surface area (Å²) in [6, 6.07) is 15.6. The van der Waals surface area contributed by atoms with Crippen molar-refractivity contribution in [1.29, 1.82) is 0 Å². The van der Waals surface area contributed by atoms with Gasteiger partial charge in [0, 0.05) is 29.4 Å². The van der Waals surface area contributed by atoms with E-state index in [0.717, 1.165) is 22.0 Å². The number of hydrogen-bond acceptors (Lipinski definition) is 2. The van der Waals surface area contributed by atoms with Crippen LogP contribution in [0.4, 0.5) is 11.4 Å². The number of carbonyl (C=O) groups excluding carboxylic acids is 1. The first-order chi connectivity index (χ1) is 9.54. The van der Waals surface area contributed by atoms with Gasteiger partial charge in [-0.1, -0.05) is 23.7 Å². The number of anilines is 2. The second-order valence-corrected chi connectivity index (χ2v) is 5.12. The molecule has 1 atom stereocenters.